The molecule has 1 aromatic heterocycles. The highest BCUT2D eigenvalue weighted by molar-refractivity contribution is 6.00. The Morgan fingerprint density at radius 2 is 1.78 bits per heavy atom. The van der Waals surface area contributed by atoms with E-state index in [1.807, 2.05) is 6.92 Å². The number of benzene rings is 1. The molecule has 2 aromatic rings. The molecule has 0 amide bonds. The fraction of sp³-hybridized carbons (Fsp3) is 0.0909. The molecule has 1 heterocycles. The van der Waals surface area contributed by atoms with E-state index in [0.29, 0.717) is 5.75 Å². The quantitative estimate of drug-likeness (QED) is 0.620. The van der Waals surface area contributed by atoms with Gasteiger partial charge >= 0.3 is 11.9 Å². The van der Waals surface area contributed by atoms with Crippen LogP contribution >= 0.6 is 0 Å². The molecule has 0 fully saturated rings. The Balaban J connectivity index is 2.19. The molecule has 18 heavy (non-hydrogen) atoms. The number of aromatic nitrogens is 3. The van der Waals surface area contributed by atoms with E-state index in [9.17, 15) is 9.59 Å². The van der Waals surface area contributed by atoms with E-state index in [1.54, 1.807) is 24.3 Å². The first-order valence-electron chi connectivity index (χ1n) is 5.01. The molecule has 0 unspecified atom stereocenters. The van der Waals surface area contributed by atoms with Crippen molar-refractivity contribution in [1.82, 2.24) is 15.4 Å². The summed E-state index contributed by atoms with van der Waals surface area (Å²) < 4.78 is 4.98. The Bertz CT molecular complexity index is 589. The van der Waals surface area contributed by atoms with Gasteiger partial charge in [0.25, 0.3) is 0 Å². The monoisotopic (exact) mass is 247 g/mol. The standard InChI is InChI=1S/C11H9N3O4/c1-6-2-4-7(5-3-6)18-11(17)9-8(10(15)16)12-14-13-9/h2-5H,1H3,(H,15,16)(H,12,13,14). The zero-order chi connectivity index (χ0) is 13.1. The molecule has 0 aliphatic heterocycles. The highest BCUT2D eigenvalue weighted by atomic mass is 16.5. The van der Waals surface area contributed by atoms with Crippen LogP contribution < -0.4 is 4.74 Å². The molecule has 92 valence electrons. The SMILES string of the molecule is Cc1ccc(OC(=O)c2n[nH]nc2C(=O)O)cc1. The zero-order valence-corrected chi connectivity index (χ0v) is 9.38. The Kier molecular flexibility index (Phi) is 3.05. The van der Waals surface area contributed by atoms with Crippen molar-refractivity contribution >= 4 is 11.9 Å². The minimum atomic E-state index is -1.35. The van der Waals surface area contributed by atoms with E-state index >= 15 is 0 Å². The average Bonchev–Trinajstić information content (AvgIpc) is 2.81. The molecular weight excluding hydrogens is 238 g/mol. The van der Waals surface area contributed by atoms with Crippen molar-refractivity contribution in [2.45, 2.75) is 6.92 Å². The molecule has 7 heteroatoms. The maximum absolute atomic E-state index is 11.7. The maximum atomic E-state index is 11.7. The minimum absolute atomic E-state index is 0.310. The molecule has 0 atom stereocenters. The topological polar surface area (TPSA) is 105 Å². The normalized spacial score (nSPS) is 10.1. The van der Waals surface area contributed by atoms with E-state index in [4.69, 9.17) is 9.84 Å². The third-order valence-electron chi connectivity index (χ3n) is 2.18. The Morgan fingerprint density at radius 1 is 1.17 bits per heavy atom. The molecule has 0 saturated carbocycles. The second-order valence-corrected chi connectivity index (χ2v) is 3.53. The van der Waals surface area contributed by atoms with Crippen LogP contribution in [0.2, 0.25) is 0 Å². The number of carbonyl (C=O) groups excluding carboxylic acids is 1. The molecule has 0 aliphatic carbocycles. The lowest BCUT2D eigenvalue weighted by atomic mass is 10.2. The number of H-pyrrole nitrogens is 1. The summed E-state index contributed by atoms with van der Waals surface area (Å²) in [4.78, 5) is 22.4. The second-order valence-electron chi connectivity index (χ2n) is 3.53. The van der Waals surface area contributed by atoms with E-state index in [1.165, 1.54) is 0 Å². The lowest BCUT2D eigenvalue weighted by molar-refractivity contribution is 0.0661. The number of ether oxygens (including phenoxy) is 1. The van der Waals surface area contributed by atoms with Gasteiger partial charge in [0.15, 0.2) is 0 Å². The average molecular weight is 247 g/mol. The van der Waals surface area contributed by atoms with Crippen molar-refractivity contribution in [2.24, 2.45) is 0 Å². The summed E-state index contributed by atoms with van der Waals surface area (Å²) in [5.41, 5.74) is 0.192. The van der Waals surface area contributed by atoms with Crippen molar-refractivity contribution in [1.29, 1.82) is 0 Å². The lowest BCUT2D eigenvalue weighted by Gasteiger charge is -2.02. The van der Waals surface area contributed by atoms with Gasteiger partial charge in [-0.05, 0) is 19.1 Å². The fourth-order valence-corrected chi connectivity index (χ4v) is 1.28. The Labute approximate surface area is 101 Å². The van der Waals surface area contributed by atoms with Crippen LogP contribution in [0.15, 0.2) is 24.3 Å². The van der Waals surface area contributed by atoms with Gasteiger partial charge in [-0.2, -0.15) is 5.21 Å². The highest BCUT2D eigenvalue weighted by Crippen LogP contribution is 2.13. The first-order chi connectivity index (χ1) is 8.58. The number of hydrogen-bond donors (Lipinski definition) is 2. The number of rotatable bonds is 3. The number of aryl methyl sites for hydroxylation is 1. The first kappa shape index (κ1) is 11.8. The fourth-order valence-electron chi connectivity index (χ4n) is 1.28. The van der Waals surface area contributed by atoms with Crippen LogP contribution in [-0.2, 0) is 0 Å². The number of aromatic amines is 1. The summed E-state index contributed by atoms with van der Waals surface area (Å²) in [6.45, 7) is 1.89. The number of aromatic carboxylic acids is 1. The summed E-state index contributed by atoms with van der Waals surface area (Å²) in [5, 5.41) is 17.7. The summed E-state index contributed by atoms with van der Waals surface area (Å²) in [7, 11) is 0. The van der Waals surface area contributed by atoms with Gasteiger partial charge in [-0.1, -0.05) is 17.7 Å². The molecule has 2 N–H and O–H groups in total. The molecule has 0 aliphatic rings. The molecule has 0 bridgehead atoms. The minimum Gasteiger partial charge on any atom is -0.476 e. The van der Waals surface area contributed by atoms with Gasteiger partial charge in [0.05, 0.1) is 0 Å². The lowest BCUT2D eigenvalue weighted by Crippen LogP contribution is -2.14. The van der Waals surface area contributed by atoms with Gasteiger partial charge < -0.3 is 9.84 Å². The summed E-state index contributed by atoms with van der Waals surface area (Å²) in [6.07, 6.45) is 0. The predicted molar refractivity (Wildman–Crippen MR) is 59.5 cm³/mol. The van der Waals surface area contributed by atoms with Crippen molar-refractivity contribution in [3.8, 4) is 5.75 Å². The van der Waals surface area contributed by atoms with Crippen LogP contribution in [0.4, 0.5) is 0 Å². The van der Waals surface area contributed by atoms with E-state index in [-0.39, 0.29) is 5.69 Å². The van der Waals surface area contributed by atoms with Crippen molar-refractivity contribution in [3.63, 3.8) is 0 Å². The smallest absolute Gasteiger partial charge is 0.366 e. The number of carboxylic acids is 1. The molecule has 0 radical (unpaired) electrons. The molecular formula is C11H9N3O4. The largest absolute Gasteiger partial charge is 0.476 e. The van der Waals surface area contributed by atoms with Crippen LogP contribution in [0.5, 0.6) is 5.75 Å². The van der Waals surface area contributed by atoms with Crippen LogP contribution in [0.3, 0.4) is 0 Å². The Morgan fingerprint density at radius 3 is 2.39 bits per heavy atom. The van der Waals surface area contributed by atoms with Gasteiger partial charge in [0.1, 0.15) is 5.75 Å². The van der Waals surface area contributed by atoms with Crippen molar-refractivity contribution in [3.05, 3.63) is 41.2 Å². The molecule has 1 aromatic carbocycles. The number of hydrogen-bond acceptors (Lipinski definition) is 5. The zero-order valence-electron chi connectivity index (χ0n) is 9.38. The number of esters is 1. The van der Waals surface area contributed by atoms with E-state index in [2.05, 4.69) is 15.4 Å². The third kappa shape index (κ3) is 2.34. The van der Waals surface area contributed by atoms with Crippen LogP contribution in [0.25, 0.3) is 0 Å². The van der Waals surface area contributed by atoms with Crippen molar-refractivity contribution in [2.75, 3.05) is 0 Å². The molecule has 2 rings (SSSR count). The summed E-state index contributed by atoms with van der Waals surface area (Å²) >= 11 is 0. The van der Waals surface area contributed by atoms with Gasteiger partial charge in [-0.15, -0.1) is 10.2 Å². The number of carbonyl (C=O) groups is 2. The van der Waals surface area contributed by atoms with Crippen LogP contribution in [-0.4, -0.2) is 32.5 Å². The van der Waals surface area contributed by atoms with Gasteiger partial charge in [0, 0.05) is 0 Å². The summed E-state index contributed by atoms with van der Waals surface area (Å²) in [5.74, 6) is -1.91. The van der Waals surface area contributed by atoms with Crippen LogP contribution in [0, 0.1) is 6.92 Å². The number of carboxylic acid groups (broad SMARTS) is 1. The molecule has 0 saturated heterocycles. The van der Waals surface area contributed by atoms with E-state index < -0.39 is 17.6 Å². The third-order valence-corrected chi connectivity index (χ3v) is 2.18. The first-order valence-corrected chi connectivity index (χ1v) is 5.01. The van der Waals surface area contributed by atoms with Gasteiger partial charge in [0.2, 0.25) is 11.4 Å². The van der Waals surface area contributed by atoms with Crippen LogP contribution in [0.1, 0.15) is 26.5 Å². The molecule has 0 spiro atoms. The van der Waals surface area contributed by atoms with Gasteiger partial charge in [-0.3, -0.25) is 0 Å². The maximum Gasteiger partial charge on any atom is 0.366 e. The Hall–Kier alpha value is -2.70. The summed E-state index contributed by atoms with van der Waals surface area (Å²) in [6, 6.07) is 6.74. The van der Waals surface area contributed by atoms with Crippen molar-refractivity contribution < 1.29 is 19.4 Å². The number of nitrogens with zero attached hydrogens (tertiary/aromatic N) is 2. The van der Waals surface area contributed by atoms with E-state index in [0.717, 1.165) is 5.56 Å². The van der Waals surface area contributed by atoms with Gasteiger partial charge in [-0.25, -0.2) is 9.59 Å². The number of nitrogens with one attached hydrogen (secondary N) is 1. The molecule has 7 nitrogen and oxygen atoms in total. The second kappa shape index (κ2) is 4.66. The highest BCUT2D eigenvalue weighted by Gasteiger charge is 2.23. The predicted octanol–water partition coefficient (Wildman–Crippen LogP) is 1.03.